The van der Waals surface area contributed by atoms with E-state index in [1.54, 1.807) is 13.0 Å². The Hall–Kier alpha value is -1.80. The van der Waals surface area contributed by atoms with Gasteiger partial charge in [-0.2, -0.15) is 5.26 Å². The highest BCUT2D eigenvalue weighted by Gasteiger charge is 2.22. The number of nitrogens with one attached hydrogen (secondary N) is 1. The molecule has 1 rings (SSSR count). The van der Waals surface area contributed by atoms with Crippen molar-refractivity contribution in [2.45, 2.75) is 32.8 Å². The third-order valence-electron chi connectivity index (χ3n) is 2.60. The molecular weight excluding hydrogens is 228 g/mol. The summed E-state index contributed by atoms with van der Waals surface area (Å²) in [5.41, 5.74) is 5.67. The van der Waals surface area contributed by atoms with Gasteiger partial charge in [0.25, 0.3) is 0 Å². The number of aliphatic hydroxyl groups is 1. The number of hydrogen-bond acceptors (Lipinski definition) is 5. The van der Waals surface area contributed by atoms with Crippen molar-refractivity contribution in [2.24, 2.45) is 5.92 Å². The van der Waals surface area contributed by atoms with Crippen molar-refractivity contribution in [1.29, 1.82) is 5.26 Å². The van der Waals surface area contributed by atoms with E-state index in [1.165, 1.54) is 6.20 Å². The Kier molecular flexibility index (Phi) is 4.51. The van der Waals surface area contributed by atoms with E-state index in [2.05, 4.69) is 24.1 Å². The number of aromatic nitrogens is 1. The molecule has 1 aromatic heterocycles. The maximum atomic E-state index is 10.2. The molecule has 0 aromatic carbocycles. The van der Waals surface area contributed by atoms with E-state index in [-0.39, 0.29) is 0 Å². The zero-order valence-corrected chi connectivity index (χ0v) is 11.1. The van der Waals surface area contributed by atoms with Crippen LogP contribution in [0.1, 0.15) is 32.8 Å². The molecule has 0 aliphatic rings. The molecule has 0 saturated carbocycles. The average Bonchev–Trinajstić information content (AvgIpc) is 2.26. The summed E-state index contributed by atoms with van der Waals surface area (Å²) < 4.78 is 0. The summed E-state index contributed by atoms with van der Waals surface area (Å²) in [7, 11) is 0. The number of rotatable bonds is 5. The third-order valence-corrected chi connectivity index (χ3v) is 2.60. The number of anilines is 2. The number of nitrogens with zero attached hydrogens (tertiary/aromatic N) is 2. The molecule has 0 saturated heterocycles. The number of nitrogens with two attached hydrogens (primary N) is 1. The molecule has 1 aromatic rings. The topological polar surface area (TPSA) is 95.0 Å². The molecule has 0 aliphatic heterocycles. The molecule has 98 valence electrons. The molecule has 1 heterocycles. The maximum absolute atomic E-state index is 10.2. The molecule has 0 fully saturated rings. The molecule has 18 heavy (non-hydrogen) atoms. The molecule has 5 heteroatoms. The predicted octanol–water partition coefficient (Wildman–Crippen LogP) is 1.74. The Morgan fingerprint density at radius 3 is 2.83 bits per heavy atom. The van der Waals surface area contributed by atoms with Crippen LogP contribution in [-0.2, 0) is 0 Å². The zero-order valence-electron chi connectivity index (χ0n) is 11.1. The fourth-order valence-electron chi connectivity index (χ4n) is 1.94. The molecule has 4 N–H and O–H groups in total. The second-order valence-electron chi connectivity index (χ2n) is 5.18. The van der Waals surface area contributed by atoms with Gasteiger partial charge in [0, 0.05) is 12.7 Å². The average molecular weight is 248 g/mol. The highest BCUT2D eigenvalue weighted by atomic mass is 16.3. The fraction of sp³-hybridized carbons (Fsp3) is 0.538. The lowest BCUT2D eigenvalue weighted by Crippen LogP contribution is -2.35. The second kappa shape index (κ2) is 5.69. The van der Waals surface area contributed by atoms with Crippen LogP contribution in [0.15, 0.2) is 12.3 Å². The van der Waals surface area contributed by atoms with E-state index in [0.29, 0.717) is 36.0 Å². The van der Waals surface area contributed by atoms with Gasteiger partial charge in [-0.05, 0) is 25.3 Å². The zero-order chi connectivity index (χ0) is 13.8. The monoisotopic (exact) mass is 248 g/mol. The highest BCUT2D eigenvalue weighted by molar-refractivity contribution is 5.68. The van der Waals surface area contributed by atoms with E-state index in [4.69, 9.17) is 11.0 Å². The summed E-state index contributed by atoms with van der Waals surface area (Å²) in [6.45, 7) is 6.22. The first-order valence-corrected chi connectivity index (χ1v) is 5.96. The summed E-state index contributed by atoms with van der Waals surface area (Å²) in [6.07, 6.45) is 2.20. The van der Waals surface area contributed by atoms with Crippen molar-refractivity contribution in [3.05, 3.63) is 17.8 Å². The Morgan fingerprint density at radius 2 is 2.28 bits per heavy atom. The lowest BCUT2D eigenvalue weighted by molar-refractivity contribution is 0.0515. The van der Waals surface area contributed by atoms with Crippen LogP contribution in [0, 0.1) is 17.2 Å². The molecule has 1 unspecified atom stereocenters. The SMILES string of the molecule is CC(C)CC(C)(O)CNc1nccc(C#N)c1N. The van der Waals surface area contributed by atoms with Gasteiger partial charge in [-0.15, -0.1) is 0 Å². The number of pyridine rings is 1. The number of nitrogen functional groups attached to an aromatic ring is 1. The van der Waals surface area contributed by atoms with E-state index in [9.17, 15) is 5.11 Å². The lowest BCUT2D eigenvalue weighted by Gasteiger charge is -2.26. The van der Waals surface area contributed by atoms with Crippen LogP contribution < -0.4 is 11.1 Å². The van der Waals surface area contributed by atoms with Gasteiger partial charge in [-0.3, -0.25) is 0 Å². The van der Waals surface area contributed by atoms with Crippen LogP contribution in [0.3, 0.4) is 0 Å². The van der Waals surface area contributed by atoms with E-state index >= 15 is 0 Å². The van der Waals surface area contributed by atoms with Crippen molar-refractivity contribution >= 4 is 11.5 Å². The quantitative estimate of drug-likeness (QED) is 0.737. The van der Waals surface area contributed by atoms with E-state index in [0.717, 1.165) is 0 Å². The van der Waals surface area contributed by atoms with Crippen molar-refractivity contribution in [1.82, 2.24) is 4.98 Å². The van der Waals surface area contributed by atoms with Crippen molar-refractivity contribution in [3.63, 3.8) is 0 Å². The predicted molar refractivity (Wildman–Crippen MR) is 71.9 cm³/mol. The first-order valence-electron chi connectivity index (χ1n) is 5.96. The van der Waals surface area contributed by atoms with Gasteiger partial charge in [-0.1, -0.05) is 13.8 Å². The van der Waals surface area contributed by atoms with Crippen LogP contribution in [-0.4, -0.2) is 22.2 Å². The van der Waals surface area contributed by atoms with Gasteiger partial charge in [0.05, 0.1) is 16.9 Å². The Bertz CT molecular complexity index is 449. The first kappa shape index (κ1) is 14.3. The lowest BCUT2D eigenvalue weighted by atomic mass is 9.94. The van der Waals surface area contributed by atoms with Gasteiger partial charge in [0.1, 0.15) is 6.07 Å². The molecule has 0 aliphatic carbocycles. The van der Waals surface area contributed by atoms with Crippen LogP contribution in [0.2, 0.25) is 0 Å². The smallest absolute Gasteiger partial charge is 0.150 e. The van der Waals surface area contributed by atoms with Crippen LogP contribution in [0.5, 0.6) is 0 Å². The Labute approximate surface area is 108 Å². The summed E-state index contributed by atoms with van der Waals surface area (Å²) in [5.74, 6) is 0.843. The van der Waals surface area contributed by atoms with Gasteiger partial charge in [-0.25, -0.2) is 4.98 Å². The number of hydrogen-bond donors (Lipinski definition) is 3. The molecule has 5 nitrogen and oxygen atoms in total. The second-order valence-corrected chi connectivity index (χ2v) is 5.18. The van der Waals surface area contributed by atoms with Gasteiger partial charge in [0.15, 0.2) is 5.82 Å². The highest BCUT2D eigenvalue weighted by Crippen LogP contribution is 2.21. The molecular formula is C13H20N4O. The van der Waals surface area contributed by atoms with Gasteiger partial charge < -0.3 is 16.2 Å². The minimum atomic E-state index is -0.828. The number of nitriles is 1. The van der Waals surface area contributed by atoms with Crippen LogP contribution in [0.4, 0.5) is 11.5 Å². The largest absolute Gasteiger partial charge is 0.395 e. The van der Waals surface area contributed by atoms with Gasteiger partial charge >= 0.3 is 0 Å². The molecule has 1 atom stereocenters. The summed E-state index contributed by atoms with van der Waals surface area (Å²) >= 11 is 0. The van der Waals surface area contributed by atoms with Gasteiger partial charge in [0.2, 0.25) is 0 Å². The maximum Gasteiger partial charge on any atom is 0.150 e. The molecule has 0 amide bonds. The standard InChI is InChI=1S/C13H20N4O/c1-9(2)6-13(3,18)8-17-12-11(15)10(7-14)4-5-16-12/h4-5,9,18H,6,8,15H2,1-3H3,(H,16,17). The minimum absolute atomic E-state index is 0.320. The van der Waals surface area contributed by atoms with Crippen LogP contribution >= 0.6 is 0 Å². The van der Waals surface area contributed by atoms with E-state index < -0.39 is 5.60 Å². The molecule has 0 spiro atoms. The molecule has 0 radical (unpaired) electrons. The summed E-state index contributed by atoms with van der Waals surface area (Å²) in [6, 6.07) is 3.56. The van der Waals surface area contributed by atoms with E-state index in [1.807, 2.05) is 6.07 Å². The summed E-state index contributed by atoms with van der Waals surface area (Å²) in [5, 5.41) is 22.0. The third kappa shape index (κ3) is 3.90. The Balaban J connectivity index is 2.73. The van der Waals surface area contributed by atoms with Crippen LogP contribution in [0.25, 0.3) is 0 Å². The van der Waals surface area contributed by atoms with Crippen molar-refractivity contribution in [3.8, 4) is 6.07 Å². The Morgan fingerprint density at radius 1 is 1.61 bits per heavy atom. The summed E-state index contributed by atoms with van der Waals surface area (Å²) in [4.78, 5) is 4.07. The fourth-order valence-corrected chi connectivity index (χ4v) is 1.94. The normalized spacial score (nSPS) is 14.0. The molecule has 0 bridgehead atoms. The van der Waals surface area contributed by atoms with Crippen molar-refractivity contribution in [2.75, 3.05) is 17.6 Å². The van der Waals surface area contributed by atoms with Crippen molar-refractivity contribution < 1.29 is 5.11 Å². The minimum Gasteiger partial charge on any atom is -0.395 e. The first-order chi connectivity index (χ1) is 8.35.